The smallest absolute Gasteiger partial charge is 0.434 e. The van der Waals surface area contributed by atoms with E-state index in [0.29, 0.717) is 13.2 Å². The van der Waals surface area contributed by atoms with Gasteiger partial charge in [-0.15, -0.1) is 0 Å². The molecule has 0 amide bonds. The van der Waals surface area contributed by atoms with E-state index in [2.05, 4.69) is 36.4 Å². The Morgan fingerprint density at radius 2 is 1.32 bits per heavy atom. The zero-order chi connectivity index (χ0) is 19.4. The molecule has 1 fully saturated rings. The predicted octanol–water partition coefficient (Wildman–Crippen LogP) is 6.45. The molecule has 2 aromatic rings. The van der Waals surface area contributed by atoms with E-state index in [-0.39, 0.29) is 0 Å². The van der Waals surface area contributed by atoms with Crippen LogP contribution >= 0.6 is 0 Å². The topological polar surface area (TPSA) is 35.5 Å². The van der Waals surface area contributed by atoms with Crippen molar-refractivity contribution in [1.29, 1.82) is 0 Å². The van der Waals surface area contributed by atoms with Gasteiger partial charge in [0.25, 0.3) is 0 Å². The molecule has 1 saturated carbocycles. The molecular weight excluding hydrogens is 348 g/mol. The number of hydrogen-bond donors (Lipinski definition) is 0. The molecule has 3 nitrogen and oxygen atoms in total. The third-order valence-corrected chi connectivity index (χ3v) is 5.56. The Bertz CT molecular complexity index is 687. The normalized spacial score (nSPS) is 14.6. The molecule has 0 unspecified atom stereocenters. The number of benzene rings is 2. The Morgan fingerprint density at radius 1 is 0.750 bits per heavy atom. The zero-order valence-corrected chi connectivity index (χ0v) is 16.8. The fraction of sp³-hybridized carbons (Fsp3) is 0.480. The molecule has 3 rings (SSSR count). The van der Waals surface area contributed by atoms with Crippen molar-refractivity contribution in [2.45, 2.75) is 63.7 Å². The van der Waals surface area contributed by atoms with E-state index in [9.17, 15) is 4.79 Å². The second-order valence-electron chi connectivity index (χ2n) is 7.72. The van der Waals surface area contributed by atoms with Gasteiger partial charge in [-0.1, -0.05) is 73.9 Å². The summed E-state index contributed by atoms with van der Waals surface area (Å²) in [6.07, 6.45) is 9.70. The molecule has 0 bridgehead atoms. The maximum Gasteiger partial charge on any atom is 0.508 e. The number of hydrogen-bond acceptors (Lipinski definition) is 3. The van der Waals surface area contributed by atoms with Crippen LogP contribution in [-0.2, 0) is 22.3 Å². The second kappa shape index (κ2) is 11.5. The molecule has 0 spiro atoms. The van der Waals surface area contributed by atoms with Gasteiger partial charge in [0.1, 0.15) is 0 Å². The summed E-state index contributed by atoms with van der Waals surface area (Å²) in [5.74, 6) is 0.753. The zero-order valence-electron chi connectivity index (χ0n) is 16.8. The first-order chi connectivity index (χ1) is 13.8. The van der Waals surface area contributed by atoms with Gasteiger partial charge in [-0.3, -0.25) is 0 Å². The minimum absolute atomic E-state index is 0.399. The van der Waals surface area contributed by atoms with Gasteiger partial charge < -0.3 is 9.47 Å². The quantitative estimate of drug-likeness (QED) is 0.370. The fourth-order valence-electron chi connectivity index (χ4n) is 3.94. The van der Waals surface area contributed by atoms with Crippen LogP contribution in [0.25, 0.3) is 0 Å². The Morgan fingerprint density at radius 3 is 1.93 bits per heavy atom. The highest BCUT2D eigenvalue weighted by molar-refractivity contribution is 5.59. The maximum atomic E-state index is 11.6. The molecule has 0 saturated heterocycles. The third-order valence-electron chi connectivity index (χ3n) is 5.56. The van der Waals surface area contributed by atoms with Crippen molar-refractivity contribution >= 4 is 6.16 Å². The summed E-state index contributed by atoms with van der Waals surface area (Å²) in [6.45, 7) is 0.804. The summed E-state index contributed by atoms with van der Waals surface area (Å²) in [7, 11) is 0. The van der Waals surface area contributed by atoms with Crippen molar-refractivity contribution in [3.63, 3.8) is 0 Å². The first kappa shape index (κ1) is 20.4. The first-order valence-electron chi connectivity index (χ1n) is 10.7. The van der Waals surface area contributed by atoms with E-state index in [1.54, 1.807) is 0 Å². The number of carbonyl (C=O) groups is 1. The highest BCUT2D eigenvalue weighted by atomic mass is 16.7. The summed E-state index contributed by atoms with van der Waals surface area (Å²) in [4.78, 5) is 11.6. The van der Waals surface area contributed by atoms with Gasteiger partial charge in [0.05, 0.1) is 13.2 Å². The van der Waals surface area contributed by atoms with Gasteiger partial charge in [0, 0.05) is 0 Å². The molecular formula is C25H32O3. The van der Waals surface area contributed by atoms with Gasteiger partial charge in [0.15, 0.2) is 0 Å². The minimum Gasteiger partial charge on any atom is -0.434 e. The van der Waals surface area contributed by atoms with E-state index in [1.165, 1.54) is 48.8 Å². The van der Waals surface area contributed by atoms with Crippen LogP contribution in [0, 0.1) is 0 Å². The van der Waals surface area contributed by atoms with Crippen molar-refractivity contribution in [2.24, 2.45) is 0 Å². The molecule has 0 aliphatic heterocycles. The summed E-state index contributed by atoms with van der Waals surface area (Å²) in [5.41, 5.74) is 4.05. The van der Waals surface area contributed by atoms with Crippen LogP contribution < -0.4 is 0 Å². The summed E-state index contributed by atoms with van der Waals surface area (Å²) >= 11 is 0. The minimum atomic E-state index is -0.555. The van der Waals surface area contributed by atoms with Crippen molar-refractivity contribution in [1.82, 2.24) is 0 Å². The van der Waals surface area contributed by atoms with Crippen LogP contribution in [0.15, 0.2) is 54.6 Å². The lowest BCUT2D eigenvalue weighted by atomic mass is 9.84. The maximum absolute atomic E-state index is 11.6. The summed E-state index contributed by atoms with van der Waals surface area (Å²) < 4.78 is 10.3. The Hall–Kier alpha value is -2.29. The first-order valence-corrected chi connectivity index (χ1v) is 10.7. The molecule has 0 aromatic heterocycles. The van der Waals surface area contributed by atoms with E-state index in [1.807, 2.05) is 18.2 Å². The number of carbonyl (C=O) groups excluding carboxylic acids is 1. The molecule has 0 heterocycles. The van der Waals surface area contributed by atoms with E-state index in [0.717, 1.165) is 31.6 Å². The average molecular weight is 381 g/mol. The highest BCUT2D eigenvalue weighted by Crippen LogP contribution is 2.32. The second-order valence-corrected chi connectivity index (χ2v) is 7.72. The standard InChI is InChI=1S/C25H32O3/c26-25(27-19-7-11-21-9-3-1-4-10-21)28-20-8-12-22-15-17-24(18-16-22)23-13-5-2-6-14-23/h1,3-4,9-10,15-18,23H,2,5-8,11-14,19-20H2. The molecule has 1 aliphatic carbocycles. The van der Waals surface area contributed by atoms with Crippen LogP contribution in [0.1, 0.15) is 67.6 Å². The van der Waals surface area contributed by atoms with Gasteiger partial charge in [-0.2, -0.15) is 0 Å². The van der Waals surface area contributed by atoms with Gasteiger partial charge in [-0.25, -0.2) is 4.79 Å². The summed E-state index contributed by atoms with van der Waals surface area (Å²) in [6, 6.07) is 19.2. The third kappa shape index (κ3) is 7.03. The van der Waals surface area contributed by atoms with E-state index >= 15 is 0 Å². The van der Waals surface area contributed by atoms with Crippen LogP contribution in [0.3, 0.4) is 0 Å². The lowest BCUT2D eigenvalue weighted by Crippen LogP contribution is -2.10. The molecule has 0 atom stereocenters. The fourth-order valence-corrected chi connectivity index (χ4v) is 3.94. The number of rotatable bonds is 9. The molecule has 0 radical (unpaired) electrons. The van der Waals surface area contributed by atoms with Crippen LogP contribution in [0.2, 0.25) is 0 Å². The Balaban J connectivity index is 1.25. The monoisotopic (exact) mass is 380 g/mol. The van der Waals surface area contributed by atoms with Crippen LogP contribution in [0.4, 0.5) is 4.79 Å². The number of aryl methyl sites for hydroxylation is 2. The predicted molar refractivity (Wildman–Crippen MR) is 113 cm³/mol. The molecule has 1 aliphatic rings. The lowest BCUT2D eigenvalue weighted by Gasteiger charge is -2.22. The molecule has 3 heteroatoms. The van der Waals surface area contributed by atoms with E-state index in [4.69, 9.17) is 9.47 Å². The van der Waals surface area contributed by atoms with Crippen molar-refractivity contribution in [3.8, 4) is 0 Å². The highest BCUT2D eigenvalue weighted by Gasteiger charge is 2.15. The van der Waals surface area contributed by atoms with Gasteiger partial charge >= 0.3 is 6.16 Å². The number of ether oxygens (including phenoxy) is 2. The summed E-state index contributed by atoms with van der Waals surface area (Å²) in [5, 5.41) is 0. The van der Waals surface area contributed by atoms with E-state index < -0.39 is 6.16 Å². The average Bonchev–Trinajstić information content (AvgIpc) is 2.76. The molecule has 0 N–H and O–H groups in total. The van der Waals surface area contributed by atoms with Crippen LogP contribution in [0.5, 0.6) is 0 Å². The Labute approximate surface area is 169 Å². The van der Waals surface area contributed by atoms with Crippen molar-refractivity contribution in [2.75, 3.05) is 13.2 Å². The Kier molecular flexibility index (Phi) is 8.42. The van der Waals surface area contributed by atoms with Crippen LogP contribution in [-0.4, -0.2) is 19.4 Å². The van der Waals surface area contributed by atoms with Gasteiger partial charge in [-0.05, 0) is 61.1 Å². The molecule has 28 heavy (non-hydrogen) atoms. The molecule has 150 valence electrons. The van der Waals surface area contributed by atoms with Crippen molar-refractivity contribution < 1.29 is 14.3 Å². The largest absolute Gasteiger partial charge is 0.508 e. The SMILES string of the molecule is O=C(OCCCc1ccccc1)OCCCc1ccc(C2CCCCC2)cc1. The van der Waals surface area contributed by atoms with Crippen molar-refractivity contribution in [3.05, 3.63) is 71.3 Å². The van der Waals surface area contributed by atoms with Gasteiger partial charge in [0.2, 0.25) is 0 Å². The molecule has 2 aromatic carbocycles. The lowest BCUT2D eigenvalue weighted by molar-refractivity contribution is 0.0539.